The van der Waals surface area contributed by atoms with Gasteiger partial charge in [-0.25, -0.2) is 4.68 Å². The monoisotopic (exact) mass is 289 g/mol. The molecule has 3 nitrogen and oxygen atoms in total. The average molecular weight is 289 g/mol. The van der Waals surface area contributed by atoms with Crippen molar-refractivity contribution in [1.82, 2.24) is 15.1 Å². The van der Waals surface area contributed by atoms with Gasteiger partial charge in [0, 0.05) is 18.8 Å². The molecular formula is C19H19N3. The SMILES string of the molecule is c1ccc(-n2ccc(CN[C@H]3CCc4ccccc43)n2)cc1. The molecule has 22 heavy (non-hydrogen) atoms. The quantitative estimate of drug-likeness (QED) is 0.794. The summed E-state index contributed by atoms with van der Waals surface area (Å²) in [7, 11) is 0. The van der Waals surface area contributed by atoms with E-state index in [9.17, 15) is 0 Å². The van der Waals surface area contributed by atoms with Crippen LogP contribution in [0.15, 0.2) is 66.9 Å². The largest absolute Gasteiger partial charge is 0.304 e. The van der Waals surface area contributed by atoms with E-state index in [1.807, 2.05) is 29.1 Å². The second-order valence-electron chi connectivity index (χ2n) is 5.76. The van der Waals surface area contributed by atoms with Crippen LogP contribution in [0.25, 0.3) is 5.69 Å². The molecule has 1 N–H and O–H groups in total. The van der Waals surface area contributed by atoms with E-state index < -0.39 is 0 Å². The van der Waals surface area contributed by atoms with Crippen LogP contribution in [0.3, 0.4) is 0 Å². The van der Waals surface area contributed by atoms with Crippen molar-refractivity contribution in [2.24, 2.45) is 0 Å². The van der Waals surface area contributed by atoms with E-state index >= 15 is 0 Å². The van der Waals surface area contributed by atoms with Crippen LogP contribution in [-0.4, -0.2) is 9.78 Å². The Labute approximate surface area is 130 Å². The summed E-state index contributed by atoms with van der Waals surface area (Å²) >= 11 is 0. The molecule has 1 aliphatic rings. The van der Waals surface area contributed by atoms with Gasteiger partial charge in [0.2, 0.25) is 0 Å². The third kappa shape index (κ3) is 2.55. The topological polar surface area (TPSA) is 29.9 Å². The van der Waals surface area contributed by atoms with Crippen molar-refractivity contribution < 1.29 is 0 Å². The van der Waals surface area contributed by atoms with Gasteiger partial charge in [-0.05, 0) is 42.2 Å². The van der Waals surface area contributed by atoms with E-state index in [1.165, 1.54) is 24.0 Å². The van der Waals surface area contributed by atoms with E-state index in [0.29, 0.717) is 6.04 Å². The minimum atomic E-state index is 0.457. The number of hydrogen-bond acceptors (Lipinski definition) is 2. The Morgan fingerprint density at radius 2 is 1.82 bits per heavy atom. The van der Waals surface area contributed by atoms with Gasteiger partial charge < -0.3 is 5.32 Å². The minimum absolute atomic E-state index is 0.457. The molecule has 110 valence electrons. The molecule has 3 aromatic rings. The van der Waals surface area contributed by atoms with Crippen molar-refractivity contribution in [3.8, 4) is 5.69 Å². The van der Waals surface area contributed by atoms with Gasteiger partial charge in [-0.3, -0.25) is 0 Å². The molecule has 0 aliphatic heterocycles. The highest BCUT2D eigenvalue weighted by Gasteiger charge is 2.21. The first kappa shape index (κ1) is 13.3. The van der Waals surface area contributed by atoms with Crippen LogP contribution in [0.2, 0.25) is 0 Å². The lowest BCUT2D eigenvalue weighted by molar-refractivity contribution is 0.523. The molecule has 0 radical (unpaired) electrons. The smallest absolute Gasteiger partial charge is 0.0767 e. The fraction of sp³-hybridized carbons (Fsp3) is 0.211. The maximum atomic E-state index is 4.65. The molecule has 1 heterocycles. The van der Waals surface area contributed by atoms with Crippen molar-refractivity contribution in [2.75, 3.05) is 0 Å². The summed E-state index contributed by atoms with van der Waals surface area (Å²) < 4.78 is 1.93. The lowest BCUT2D eigenvalue weighted by Crippen LogP contribution is -2.19. The minimum Gasteiger partial charge on any atom is -0.304 e. The maximum Gasteiger partial charge on any atom is 0.0767 e. The van der Waals surface area contributed by atoms with Crippen molar-refractivity contribution in [1.29, 1.82) is 0 Å². The summed E-state index contributed by atoms with van der Waals surface area (Å²) in [6, 6.07) is 21.5. The molecule has 0 fully saturated rings. The highest BCUT2D eigenvalue weighted by molar-refractivity contribution is 5.34. The van der Waals surface area contributed by atoms with Crippen LogP contribution in [0, 0.1) is 0 Å². The first-order valence-corrected chi connectivity index (χ1v) is 7.81. The molecule has 0 saturated carbocycles. The molecule has 3 heteroatoms. The molecular weight excluding hydrogens is 270 g/mol. The summed E-state index contributed by atoms with van der Waals surface area (Å²) in [5, 5.41) is 8.29. The maximum absolute atomic E-state index is 4.65. The number of benzene rings is 2. The Kier molecular flexibility index (Phi) is 3.49. The molecule has 0 bridgehead atoms. The van der Waals surface area contributed by atoms with Crippen molar-refractivity contribution in [3.63, 3.8) is 0 Å². The lowest BCUT2D eigenvalue weighted by atomic mass is 10.1. The van der Waals surface area contributed by atoms with Crippen molar-refractivity contribution in [2.45, 2.75) is 25.4 Å². The predicted octanol–water partition coefficient (Wildman–Crippen LogP) is 3.65. The number of aryl methyl sites for hydroxylation is 1. The molecule has 4 rings (SSSR count). The summed E-state index contributed by atoms with van der Waals surface area (Å²) in [4.78, 5) is 0. The van der Waals surface area contributed by atoms with Gasteiger partial charge in [0.05, 0.1) is 11.4 Å². The Morgan fingerprint density at radius 1 is 1.00 bits per heavy atom. The lowest BCUT2D eigenvalue weighted by Gasteiger charge is -2.12. The van der Waals surface area contributed by atoms with E-state index in [4.69, 9.17) is 0 Å². The van der Waals surface area contributed by atoms with Crippen molar-refractivity contribution in [3.05, 3.63) is 83.7 Å². The second-order valence-corrected chi connectivity index (χ2v) is 5.76. The molecule has 0 spiro atoms. The normalized spacial score (nSPS) is 16.6. The number of aromatic nitrogens is 2. The molecule has 1 atom stereocenters. The van der Waals surface area contributed by atoms with E-state index in [0.717, 1.165) is 17.9 Å². The van der Waals surface area contributed by atoms with Gasteiger partial charge in [-0.1, -0.05) is 42.5 Å². The average Bonchev–Trinajstić information content (AvgIpc) is 3.21. The Bertz CT molecular complexity index is 761. The number of para-hydroxylation sites is 1. The third-order valence-electron chi connectivity index (χ3n) is 4.33. The van der Waals surface area contributed by atoms with Gasteiger partial charge in [-0.2, -0.15) is 5.10 Å². The molecule has 2 aromatic carbocycles. The zero-order valence-electron chi connectivity index (χ0n) is 12.4. The molecule has 0 saturated heterocycles. The van der Waals surface area contributed by atoms with Gasteiger partial charge in [0.25, 0.3) is 0 Å². The molecule has 1 aromatic heterocycles. The van der Waals surface area contributed by atoms with Gasteiger partial charge in [0.1, 0.15) is 0 Å². The number of nitrogens with one attached hydrogen (secondary N) is 1. The number of rotatable bonds is 4. The number of hydrogen-bond donors (Lipinski definition) is 1. The first-order valence-electron chi connectivity index (χ1n) is 7.81. The first-order chi connectivity index (χ1) is 10.9. The highest BCUT2D eigenvalue weighted by atomic mass is 15.3. The fourth-order valence-corrected chi connectivity index (χ4v) is 3.18. The standard InChI is InChI=1S/C19H19N3/c1-2-7-17(8-3-1)22-13-12-16(21-22)14-20-19-11-10-15-6-4-5-9-18(15)19/h1-9,12-13,19-20H,10-11,14H2/t19-/m0/s1. The van der Waals surface area contributed by atoms with Crippen LogP contribution in [0.5, 0.6) is 0 Å². The van der Waals surface area contributed by atoms with Crippen LogP contribution < -0.4 is 5.32 Å². The van der Waals surface area contributed by atoms with Crippen LogP contribution in [0.4, 0.5) is 0 Å². The highest BCUT2D eigenvalue weighted by Crippen LogP contribution is 2.30. The summed E-state index contributed by atoms with van der Waals surface area (Å²) in [6.07, 6.45) is 4.37. The van der Waals surface area contributed by atoms with Crippen LogP contribution in [-0.2, 0) is 13.0 Å². The Morgan fingerprint density at radius 3 is 2.73 bits per heavy atom. The summed E-state index contributed by atoms with van der Waals surface area (Å²) in [5.74, 6) is 0. The Balaban J connectivity index is 1.44. The van der Waals surface area contributed by atoms with Crippen LogP contribution >= 0.6 is 0 Å². The predicted molar refractivity (Wildman–Crippen MR) is 87.9 cm³/mol. The van der Waals surface area contributed by atoms with Gasteiger partial charge in [-0.15, -0.1) is 0 Å². The van der Waals surface area contributed by atoms with Crippen molar-refractivity contribution >= 4 is 0 Å². The molecule has 1 aliphatic carbocycles. The van der Waals surface area contributed by atoms with Gasteiger partial charge in [0.15, 0.2) is 0 Å². The molecule has 0 unspecified atom stereocenters. The molecule has 0 amide bonds. The second kappa shape index (κ2) is 5.78. The van der Waals surface area contributed by atoms with E-state index in [-0.39, 0.29) is 0 Å². The Hall–Kier alpha value is -2.39. The summed E-state index contributed by atoms with van der Waals surface area (Å²) in [5.41, 5.74) is 5.10. The fourth-order valence-electron chi connectivity index (χ4n) is 3.18. The number of fused-ring (bicyclic) bond motifs is 1. The van der Waals surface area contributed by atoms with Gasteiger partial charge >= 0.3 is 0 Å². The third-order valence-corrected chi connectivity index (χ3v) is 4.33. The zero-order chi connectivity index (χ0) is 14.8. The number of nitrogens with zero attached hydrogens (tertiary/aromatic N) is 2. The zero-order valence-corrected chi connectivity index (χ0v) is 12.4. The van der Waals surface area contributed by atoms with E-state index in [2.05, 4.69) is 52.9 Å². The van der Waals surface area contributed by atoms with E-state index in [1.54, 1.807) is 0 Å². The summed E-state index contributed by atoms with van der Waals surface area (Å²) in [6.45, 7) is 0.804. The van der Waals surface area contributed by atoms with Crippen LogP contribution in [0.1, 0.15) is 29.3 Å².